The molecular formula is C28H21Cl2F3N4O3S. The average Bonchev–Trinajstić information content (AvgIpc) is 3.44. The highest BCUT2D eigenvalue weighted by Crippen LogP contribution is 2.42. The van der Waals surface area contributed by atoms with Gasteiger partial charge in [0.1, 0.15) is 5.76 Å². The van der Waals surface area contributed by atoms with Crippen LogP contribution in [-0.2, 0) is 15.8 Å². The summed E-state index contributed by atoms with van der Waals surface area (Å²) in [5.74, 6) is -2.00. The number of nitrogens with zero attached hydrogens (tertiary/aromatic N) is 1. The fourth-order valence-electron chi connectivity index (χ4n) is 4.06. The molecule has 0 bridgehead atoms. The Morgan fingerprint density at radius 1 is 1.10 bits per heavy atom. The number of amides is 2. The smallest absolute Gasteiger partial charge is 0.416 e. The van der Waals surface area contributed by atoms with Gasteiger partial charge in [0.2, 0.25) is 5.91 Å². The normalized spacial score (nSPS) is 15.3. The number of allylic oxidation sites excluding steroid dienone is 2. The summed E-state index contributed by atoms with van der Waals surface area (Å²) in [5, 5.41) is 19.0. The Kier molecular flexibility index (Phi) is 9.07. The minimum atomic E-state index is -4.65. The zero-order valence-corrected chi connectivity index (χ0v) is 23.8. The van der Waals surface area contributed by atoms with E-state index in [4.69, 9.17) is 27.6 Å². The van der Waals surface area contributed by atoms with E-state index in [1.165, 1.54) is 6.26 Å². The van der Waals surface area contributed by atoms with Gasteiger partial charge in [-0.05, 0) is 61.9 Å². The van der Waals surface area contributed by atoms with E-state index in [1.54, 1.807) is 37.3 Å². The summed E-state index contributed by atoms with van der Waals surface area (Å²) in [6.45, 7) is 3.41. The molecule has 2 aromatic carbocycles. The number of furan rings is 1. The van der Waals surface area contributed by atoms with Gasteiger partial charge in [-0.2, -0.15) is 18.4 Å². The molecule has 2 amide bonds. The molecule has 41 heavy (non-hydrogen) atoms. The molecule has 1 unspecified atom stereocenters. The van der Waals surface area contributed by atoms with E-state index in [-0.39, 0.29) is 39.3 Å². The first-order chi connectivity index (χ1) is 19.4. The molecule has 1 aliphatic rings. The molecule has 3 N–H and O–H groups in total. The minimum absolute atomic E-state index is 0.0353. The lowest BCUT2D eigenvalue weighted by Gasteiger charge is -2.28. The summed E-state index contributed by atoms with van der Waals surface area (Å²) in [4.78, 5) is 26.1. The second kappa shape index (κ2) is 12.3. The van der Waals surface area contributed by atoms with Crippen molar-refractivity contribution < 1.29 is 27.2 Å². The summed E-state index contributed by atoms with van der Waals surface area (Å²) < 4.78 is 45.3. The Hall–Kier alpha value is -3.85. The van der Waals surface area contributed by atoms with Crippen molar-refractivity contribution in [2.45, 2.75) is 25.9 Å². The number of carbonyl (C=O) groups is 2. The van der Waals surface area contributed by atoms with Crippen molar-refractivity contribution in [2.75, 3.05) is 16.4 Å². The molecule has 1 atom stereocenters. The van der Waals surface area contributed by atoms with Crippen LogP contribution in [-0.4, -0.2) is 17.6 Å². The lowest BCUT2D eigenvalue weighted by molar-refractivity contribution is -0.137. The standard InChI is InChI=1S/C28H21Cl2F3N4O3S/c1-14-5-7-17(11-20(14)30)36-23(38)13-41-27-18(12-34)25(22-4-3-9-40-22)24(15(2)35-27)26(39)37-21-10-16(28(31,32)33)6-8-19(21)29/h3-11,25,35H,13H2,1-2H3,(H,36,38)(H,37,39). The van der Waals surface area contributed by atoms with E-state index in [1.807, 2.05) is 6.92 Å². The zero-order chi connectivity index (χ0) is 29.9. The first-order valence-corrected chi connectivity index (χ1v) is 13.7. The van der Waals surface area contributed by atoms with Gasteiger partial charge in [0, 0.05) is 16.4 Å². The molecule has 1 aromatic heterocycles. The predicted molar refractivity (Wildman–Crippen MR) is 152 cm³/mol. The van der Waals surface area contributed by atoms with Gasteiger partial charge in [-0.15, -0.1) is 0 Å². The molecule has 1 aliphatic heterocycles. The van der Waals surface area contributed by atoms with E-state index < -0.39 is 23.6 Å². The summed E-state index contributed by atoms with van der Waals surface area (Å²) in [5.41, 5.74) is 0.550. The van der Waals surface area contributed by atoms with Crippen LogP contribution in [0.3, 0.4) is 0 Å². The van der Waals surface area contributed by atoms with Gasteiger partial charge >= 0.3 is 6.18 Å². The number of nitriles is 1. The summed E-state index contributed by atoms with van der Waals surface area (Å²) in [7, 11) is 0. The van der Waals surface area contributed by atoms with Crippen molar-refractivity contribution in [1.82, 2.24) is 5.32 Å². The first kappa shape index (κ1) is 30.1. The molecule has 3 aromatic rings. The van der Waals surface area contributed by atoms with E-state index >= 15 is 0 Å². The van der Waals surface area contributed by atoms with Crippen LogP contribution in [0.2, 0.25) is 10.0 Å². The lowest BCUT2D eigenvalue weighted by atomic mass is 9.85. The van der Waals surface area contributed by atoms with Gasteiger partial charge in [0.15, 0.2) is 0 Å². The van der Waals surface area contributed by atoms with Gasteiger partial charge in [0.05, 0.1) is 56.5 Å². The number of hydrogen-bond acceptors (Lipinski definition) is 6. The van der Waals surface area contributed by atoms with E-state index in [2.05, 4.69) is 22.0 Å². The summed E-state index contributed by atoms with van der Waals surface area (Å²) in [6.07, 6.45) is -3.28. The van der Waals surface area contributed by atoms with Crippen LogP contribution in [0.1, 0.15) is 29.7 Å². The average molecular weight is 621 g/mol. The van der Waals surface area contributed by atoms with Crippen molar-refractivity contribution in [2.24, 2.45) is 0 Å². The molecule has 0 saturated carbocycles. The second-order valence-corrected chi connectivity index (χ2v) is 10.7. The monoisotopic (exact) mass is 620 g/mol. The SMILES string of the molecule is CC1=C(C(=O)Nc2cc(C(F)(F)F)ccc2Cl)C(c2ccco2)C(C#N)=C(SCC(=O)Nc2ccc(C)c(Cl)c2)N1. The number of aryl methyl sites for hydroxylation is 1. The molecule has 0 spiro atoms. The molecule has 4 rings (SSSR count). The molecule has 0 fully saturated rings. The van der Waals surface area contributed by atoms with Crippen molar-refractivity contribution in [3.8, 4) is 6.07 Å². The number of alkyl halides is 3. The number of dihydropyridines is 1. The van der Waals surface area contributed by atoms with E-state index in [0.717, 1.165) is 35.5 Å². The van der Waals surface area contributed by atoms with Crippen LogP contribution in [0.5, 0.6) is 0 Å². The quantitative estimate of drug-likeness (QED) is 0.251. The topological polar surface area (TPSA) is 107 Å². The van der Waals surface area contributed by atoms with Crippen LogP contribution in [0.25, 0.3) is 0 Å². The van der Waals surface area contributed by atoms with Gasteiger partial charge in [0.25, 0.3) is 5.91 Å². The second-order valence-electron chi connectivity index (χ2n) is 8.91. The minimum Gasteiger partial charge on any atom is -0.468 e. The van der Waals surface area contributed by atoms with Crippen LogP contribution >= 0.6 is 35.0 Å². The first-order valence-electron chi connectivity index (χ1n) is 11.9. The number of halogens is 5. The Balaban J connectivity index is 1.60. The molecule has 13 heteroatoms. The highest BCUT2D eigenvalue weighted by molar-refractivity contribution is 8.03. The Morgan fingerprint density at radius 3 is 2.49 bits per heavy atom. The maximum Gasteiger partial charge on any atom is 0.416 e. The number of carbonyl (C=O) groups excluding carboxylic acids is 2. The highest BCUT2D eigenvalue weighted by atomic mass is 35.5. The van der Waals surface area contributed by atoms with E-state index in [9.17, 15) is 28.0 Å². The van der Waals surface area contributed by atoms with Crippen molar-refractivity contribution >= 4 is 58.2 Å². The fourth-order valence-corrected chi connectivity index (χ4v) is 5.30. The van der Waals surface area contributed by atoms with Gasteiger partial charge in [-0.3, -0.25) is 9.59 Å². The zero-order valence-electron chi connectivity index (χ0n) is 21.5. The number of thioether (sulfide) groups is 1. The Labute approximate surface area is 247 Å². The van der Waals surface area contributed by atoms with Crippen molar-refractivity contribution in [3.63, 3.8) is 0 Å². The summed E-state index contributed by atoms with van der Waals surface area (Å²) in [6, 6.07) is 12.9. The number of hydrogen-bond donors (Lipinski definition) is 3. The van der Waals surface area contributed by atoms with Crippen molar-refractivity contribution in [1.29, 1.82) is 5.26 Å². The van der Waals surface area contributed by atoms with Gasteiger partial charge < -0.3 is 20.4 Å². The molecule has 2 heterocycles. The third-order valence-corrected chi connectivity index (χ3v) is 7.82. The maximum absolute atomic E-state index is 13.5. The Bertz CT molecular complexity index is 1610. The van der Waals surface area contributed by atoms with Crippen LogP contribution in [0.15, 0.2) is 81.1 Å². The number of anilines is 2. The van der Waals surface area contributed by atoms with Crippen LogP contribution in [0.4, 0.5) is 24.5 Å². The fraction of sp³-hybridized carbons (Fsp3) is 0.179. The predicted octanol–water partition coefficient (Wildman–Crippen LogP) is 7.62. The van der Waals surface area contributed by atoms with Gasteiger partial charge in [-0.25, -0.2) is 0 Å². The number of rotatable bonds is 7. The molecule has 0 radical (unpaired) electrons. The van der Waals surface area contributed by atoms with Crippen molar-refractivity contribution in [3.05, 3.63) is 104 Å². The van der Waals surface area contributed by atoms with Gasteiger partial charge in [-0.1, -0.05) is 41.0 Å². The molecule has 212 valence electrons. The van der Waals surface area contributed by atoms with Crippen LogP contribution in [0, 0.1) is 18.3 Å². The molecule has 7 nitrogen and oxygen atoms in total. The lowest BCUT2D eigenvalue weighted by Crippen LogP contribution is -2.31. The Morgan fingerprint density at radius 2 is 1.85 bits per heavy atom. The van der Waals surface area contributed by atoms with E-state index in [0.29, 0.717) is 21.4 Å². The van der Waals surface area contributed by atoms with Crippen LogP contribution < -0.4 is 16.0 Å². The summed E-state index contributed by atoms with van der Waals surface area (Å²) >= 11 is 13.3. The largest absolute Gasteiger partial charge is 0.468 e. The maximum atomic E-state index is 13.5. The third-order valence-electron chi connectivity index (χ3n) is 6.06. The molecular weight excluding hydrogens is 600 g/mol. The molecule has 0 aliphatic carbocycles. The number of benzene rings is 2. The highest BCUT2D eigenvalue weighted by Gasteiger charge is 2.37. The molecule has 0 saturated heterocycles. The third kappa shape index (κ3) is 6.90. The number of nitrogens with one attached hydrogen (secondary N) is 3.